The van der Waals surface area contributed by atoms with E-state index in [1.165, 1.54) is 0 Å². The van der Waals surface area contributed by atoms with Gasteiger partial charge in [0.25, 0.3) is 0 Å². The Balaban J connectivity index is 2.69. The van der Waals surface area contributed by atoms with Crippen molar-refractivity contribution in [3.8, 4) is 5.75 Å². The highest BCUT2D eigenvalue weighted by Crippen LogP contribution is 2.10. The van der Waals surface area contributed by atoms with Gasteiger partial charge in [0.2, 0.25) is 0 Å². The second-order valence-corrected chi connectivity index (χ2v) is 2.46. The molecule has 0 bridgehead atoms. The molecule has 0 aliphatic heterocycles. The average Bonchev–Trinajstić information content (AvgIpc) is 2.04. The van der Waals surface area contributed by atoms with Gasteiger partial charge in [-0.3, -0.25) is 9.78 Å². The molecule has 0 aliphatic rings. The minimum Gasteiger partial charge on any atom is -0.426 e. The largest absolute Gasteiger partial charge is 0.426 e. The van der Waals surface area contributed by atoms with Gasteiger partial charge in [-0.05, 0) is 13.0 Å². The van der Waals surface area contributed by atoms with Crippen molar-refractivity contribution >= 4 is 5.97 Å². The number of hydrogen-bond donors (Lipinski definition) is 0. The Morgan fingerprint density at radius 2 is 2.42 bits per heavy atom. The summed E-state index contributed by atoms with van der Waals surface area (Å²) in [5, 5.41) is 0. The summed E-state index contributed by atoms with van der Waals surface area (Å²) in [4.78, 5) is 14.8. The molecule has 1 heterocycles. The summed E-state index contributed by atoms with van der Waals surface area (Å²) >= 11 is 0. The molecule has 0 unspecified atom stereocenters. The van der Waals surface area contributed by atoms with Gasteiger partial charge in [0, 0.05) is 24.4 Å². The number of nitrogens with zero attached hydrogens (tertiary/aromatic N) is 1. The van der Waals surface area contributed by atoms with Crippen LogP contribution in [-0.2, 0) is 4.79 Å². The third-order valence-corrected chi connectivity index (χ3v) is 1.39. The normalized spacial score (nSPS) is 9.50. The molecule has 64 valence electrons. The molecule has 3 nitrogen and oxygen atoms in total. The fourth-order valence-electron chi connectivity index (χ4n) is 0.787. The van der Waals surface area contributed by atoms with Crippen LogP contribution in [0, 0.1) is 6.92 Å². The number of aromatic nitrogens is 1. The van der Waals surface area contributed by atoms with Crippen molar-refractivity contribution in [2.24, 2.45) is 0 Å². The first kappa shape index (κ1) is 8.71. The van der Waals surface area contributed by atoms with Crippen molar-refractivity contribution in [3.63, 3.8) is 0 Å². The van der Waals surface area contributed by atoms with Crippen LogP contribution in [0.1, 0.15) is 19.0 Å². The van der Waals surface area contributed by atoms with Crippen molar-refractivity contribution in [2.75, 3.05) is 0 Å². The molecule has 0 saturated carbocycles. The molecule has 1 aromatic heterocycles. The lowest BCUT2D eigenvalue weighted by Crippen LogP contribution is -2.05. The number of carbonyl (C=O) groups excluding carboxylic acids is 1. The summed E-state index contributed by atoms with van der Waals surface area (Å²) < 4.78 is 4.97. The Bertz CT molecular complexity index is 284. The van der Waals surface area contributed by atoms with Gasteiger partial charge in [-0.1, -0.05) is 6.92 Å². The van der Waals surface area contributed by atoms with Crippen LogP contribution < -0.4 is 4.74 Å². The first-order valence-electron chi connectivity index (χ1n) is 3.85. The van der Waals surface area contributed by atoms with E-state index < -0.39 is 0 Å². The quantitative estimate of drug-likeness (QED) is 0.626. The fourth-order valence-corrected chi connectivity index (χ4v) is 0.787. The lowest BCUT2D eigenvalue weighted by atomic mass is 10.3. The highest BCUT2D eigenvalue weighted by atomic mass is 16.5. The molecule has 0 N–H and O–H groups in total. The third kappa shape index (κ3) is 2.34. The van der Waals surface area contributed by atoms with Crippen molar-refractivity contribution in [1.82, 2.24) is 4.98 Å². The van der Waals surface area contributed by atoms with Crippen molar-refractivity contribution in [2.45, 2.75) is 20.3 Å². The Labute approximate surface area is 71.4 Å². The molecule has 1 aromatic rings. The van der Waals surface area contributed by atoms with E-state index in [9.17, 15) is 4.79 Å². The molecule has 0 amide bonds. The standard InChI is InChI=1S/C9H11NO2/c1-3-9(11)12-8-4-5-10-7(2)6-8/h4-6H,3H2,1-2H3. The maximum Gasteiger partial charge on any atom is 0.310 e. The second-order valence-electron chi connectivity index (χ2n) is 2.46. The van der Waals surface area contributed by atoms with Crippen LogP contribution in [0.4, 0.5) is 0 Å². The maximum absolute atomic E-state index is 10.8. The molecule has 3 heteroatoms. The Hall–Kier alpha value is -1.38. The highest BCUT2D eigenvalue weighted by Gasteiger charge is 2.00. The van der Waals surface area contributed by atoms with Gasteiger partial charge in [-0.15, -0.1) is 0 Å². The van der Waals surface area contributed by atoms with E-state index in [2.05, 4.69) is 4.98 Å². The van der Waals surface area contributed by atoms with Gasteiger partial charge in [0.15, 0.2) is 0 Å². The van der Waals surface area contributed by atoms with E-state index in [-0.39, 0.29) is 5.97 Å². The molecular weight excluding hydrogens is 154 g/mol. The average molecular weight is 165 g/mol. The first-order chi connectivity index (χ1) is 5.72. The Kier molecular flexibility index (Phi) is 2.80. The summed E-state index contributed by atoms with van der Waals surface area (Å²) in [7, 11) is 0. The Morgan fingerprint density at radius 3 is 3.00 bits per heavy atom. The summed E-state index contributed by atoms with van der Waals surface area (Å²) in [5.74, 6) is 0.343. The van der Waals surface area contributed by atoms with Crippen molar-refractivity contribution in [1.29, 1.82) is 0 Å². The molecule has 0 saturated heterocycles. The number of carbonyl (C=O) groups is 1. The van der Waals surface area contributed by atoms with E-state index in [1.807, 2.05) is 6.92 Å². The van der Waals surface area contributed by atoms with E-state index in [1.54, 1.807) is 25.3 Å². The summed E-state index contributed by atoms with van der Waals surface area (Å²) in [6, 6.07) is 3.40. The number of esters is 1. The lowest BCUT2D eigenvalue weighted by molar-refractivity contribution is -0.134. The van der Waals surface area contributed by atoms with Crippen LogP contribution in [0.2, 0.25) is 0 Å². The molecular formula is C9H11NO2. The summed E-state index contributed by atoms with van der Waals surface area (Å²) in [6.45, 7) is 3.61. The fraction of sp³-hybridized carbons (Fsp3) is 0.333. The van der Waals surface area contributed by atoms with Gasteiger partial charge in [-0.25, -0.2) is 0 Å². The van der Waals surface area contributed by atoms with Crippen LogP contribution in [0.25, 0.3) is 0 Å². The number of aryl methyl sites for hydroxylation is 1. The van der Waals surface area contributed by atoms with Crippen LogP contribution in [0.3, 0.4) is 0 Å². The predicted molar refractivity (Wildman–Crippen MR) is 44.9 cm³/mol. The molecule has 0 fully saturated rings. The smallest absolute Gasteiger partial charge is 0.310 e. The maximum atomic E-state index is 10.8. The van der Waals surface area contributed by atoms with Crippen molar-refractivity contribution < 1.29 is 9.53 Å². The van der Waals surface area contributed by atoms with Crippen LogP contribution in [0.5, 0.6) is 5.75 Å². The minimum atomic E-state index is -0.222. The SMILES string of the molecule is CCC(=O)Oc1ccnc(C)c1. The van der Waals surface area contributed by atoms with Gasteiger partial charge in [0.1, 0.15) is 5.75 Å². The van der Waals surface area contributed by atoms with Crippen molar-refractivity contribution in [3.05, 3.63) is 24.0 Å². The number of rotatable bonds is 2. The van der Waals surface area contributed by atoms with Gasteiger partial charge in [-0.2, -0.15) is 0 Å². The second kappa shape index (κ2) is 3.85. The first-order valence-corrected chi connectivity index (χ1v) is 3.85. The molecule has 0 radical (unpaired) electrons. The minimum absolute atomic E-state index is 0.222. The van der Waals surface area contributed by atoms with E-state index in [0.717, 1.165) is 5.69 Å². The molecule has 0 aromatic carbocycles. The monoisotopic (exact) mass is 165 g/mol. The summed E-state index contributed by atoms with van der Waals surface area (Å²) in [6.07, 6.45) is 2.01. The zero-order valence-corrected chi connectivity index (χ0v) is 7.20. The Morgan fingerprint density at radius 1 is 1.67 bits per heavy atom. The van der Waals surface area contributed by atoms with Gasteiger partial charge < -0.3 is 4.74 Å². The lowest BCUT2D eigenvalue weighted by Gasteiger charge is -2.01. The van der Waals surface area contributed by atoms with Crippen LogP contribution in [0.15, 0.2) is 18.3 Å². The zero-order valence-electron chi connectivity index (χ0n) is 7.20. The number of hydrogen-bond acceptors (Lipinski definition) is 3. The van der Waals surface area contributed by atoms with E-state index in [4.69, 9.17) is 4.74 Å². The topological polar surface area (TPSA) is 39.2 Å². The van der Waals surface area contributed by atoms with E-state index in [0.29, 0.717) is 12.2 Å². The molecule has 0 spiro atoms. The predicted octanol–water partition coefficient (Wildman–Crippen LogP) is 1.71. The van der Waals surface area contributed by atoms with Crippen LogP contribution in [-0.4, -0.2) is 11.0 Å². The molecule has 0 aliphatic carbocycles. The third-order valence-electron chi connectivity index (χ3n) is 1.39. The number of ether oxygens (including phenoxy) is 1. The van der Waals surface area contributed by atoms with Gasteiger partial charge >= 0.3 is 5.97 Å². The van der Waals surface area contributed by atoms with Crippen LogP contribution >= 0.6 is 0 Å². The molecule has 1 rings (SSSR count). The zero-order chi connectivity index (χ0) is 8.97. The molecule has 0 atom stereocenters. The van der Waals surface area contributed by atoms with E-state index >= 15 is 0 Å². The van der Waals surface area contributed by atoms with Gasteiger partial charge in [0.05, 0.1) is 0 Å². The highest BCUT2D eigenvalue weighted by molar-refractivity contribution is 5.71. The molecule has 12 heavy (non-hydrogen) atoms. The summed E-state index contributed by atoms with van der Waals surface area (Å²) in [5.41, 5.74) is 0.844. The number of pyridine rings is 1.